The van der Waals surface area contributed by atoms with Gasteiger partial charge in [0.1, 0.15) is 11.3 Å². The maximum atomic E-state index is 12.2. The lowest BCUT2D eigenvalue weighted by molar-refractivity contribution is -0.0526. The highest BCUT2D eigenvalue weighted by Gasteiger charge is 2.11. The van der Waals surface area contributed by atoms with Gasteiger partial charge in [0.2, 0.25) is 5.88 Å². The molecule has 0 aliphatic heterocycles. The average Bonchev–Trinajstić information content (AvgIpc) is 3.11. The first-order valence-electron chi connectivity index (χ1n) is 6.57. The lowest BCUT2D eigenvalue weighted by Gasteiger charge is -2.04. The molecule has 0 atom stereocenters. The van der Waals surface area contributed by atoms with Gasteiger partial charge in [-0.2, -0.15) is 13.8 Å². The Hall–Kier alpha value is -2.96. The van der Waals surface area contributed by atoms with E-state index in [1.54, 1.807) is 18.5 Å². The Morgan fingerprint density at radius 3 is 2.95 bits per heavy atom. The molecule has 5 nitrogen and oxygen atoms in total. The van der Waals surface area contributed by atoms with E-state index < -0.39 is 6.61 Å². The van der Waals surface area contributed by atoms with Crippen LogP contribution in [0.1, 0.15) is 0 Å². The fraction of sp³-hybridized carbons (Fsp3) is 0.0667. The van der Waals surface area contributed by atoms with Gasteiger partial charge in [-0.1, -0.05) is 0 Å². The van der Waals surface area contributed by atoms with E-state index in [1.165, 1.54) is 6.07 Å². The molecule has 0 saturated heterocycles. The van der Waals surface area contributed by atoms with Crippen molar-refractivity contribution in [3.05, 3.63) is 49.1 Å². The predicted molar refractivity (Wildman–Crippen MR) is 76.9 cm³/mol. The van der Waals surface area contributed by atoms with Crippen molar-refractivity contribution in [3.8, 4) is 17.0 Å². The normalized spacial score (nSPS) is 11.6. The third-order valence-electron chi connectivity index (χ3n) is 3.42. The highest BCUT2D eigenvalue weighted by Crippen LogP contribution is 2.29. The van der Waals surface area contributed by atoms with Gasteiger partial charge in [0.05, 0.1) is 0 Å². The topological polar surface area (TPSA) is 55.2 Å². The first kappa shape index (κ1) is 12.8. The van der Waals surface area contributed by atoms with E-state index >= 15 is 0 Å². The van der Waals surface area contributed by atoms with Crippen molar-refractivity contribution in [2.75, 3.05) is 0 Å². The summed E-state index contributed by atoms with van der Waals surface area (Å²) < 4.78 is 30.7. The van der Waals surface area contributed by atoms with Crippen molar-refractivity contribution < 1.29 is 13.5 Å². The van der Waals surface area contributed by atoms with Gasteiger partial charge in [-0.3, -0.25) is 0 Å². The number of nitrogens with one attached hydrogen (secondary N) is 1. The van der Waals surface area contributed by atoms with Crippen LogP contribution in [0.5, 0.6) is 5.88 Å². The van der Waals surface area contributed by atoms with Crippen LogP contribution in [-0.4, -0.2) is 26.0 Å². The highest BCUT2D eigenvalue weighted by molar-refractivity contribution is 5.93. The van der Waals surface area contributed by atoms with Crippen LogP contribution in [0.4, 0.5) is 8.78 Å². The molecule has 0 saturated carbocycles. The third kappa shape index (κ3) is 2.07. The SMILES string of the molecule is FC(F)Oc1ccc2c(-c3ccc4nccn4c3)c[nH]c2n1. The van der Waals surface area contributed by atoms with Gasteiger partial charge >= 0.3 is 6.61 Å². The maximum absolute atomic E-state index is 12.2. The molecule has 0 aromatic carbocycles. The Labute approximate surface area is 123 Å². The van der Waals surface area contributed by atoms with Crippen molar-refractivity contribution in [2.24, 2.45) is 0 Å². The quantitative estimate of drug-likeness (QED) is 0.630. The highest BCUT2D eigenvalue weighted by atomic mass is 19.3. The van der Waals surface area contributed by atoms with Crippen LogP contribution in [-0.2, 0) is 0 Å². The number of hydrogen-bond acceptors (Lipinski definition) is 3. The third-order valence-corrected chi connectivity index (χ3v) is 3.42. The summed E-state index contributed by atoms with van der Waals surface area (Å²) in [5, 5.41) is 0.834. The Morgan fingerprint density at radius 2 is 2.09 bits per heavy atom. The summed E-state index contributed by atoms with van der Waals surface area (Å²) in [7, 11) is 0. The van der Waals surface area contributed by atoms with Crippen LogP contribution in [0, 0.1) is 0 Å². The molecule has 0 unspecified atom stereocenters. The minimum atomic E-state index is -2.89. The fourth-order valence-electron chi connectivity index (χ4n) is 2.46. The fourth-order valence-corrected chi connectivity index (χ4v) is 2.46. The molecular formula is C15H10F2N4O. The molecule has 0 amide bonds. The Kier molecular flexibility index (Phi) is 2.78. The Bertz CT molecular complexity index is 960. The molecule has 4 aromatic heterocycles. The number of aromatic amines is 1. The van der Waals surface area contributed by atoms with Gasteiger partial charge in [-0.15, -0.1) is 0 Å². The second kappa shape index (κ2) is 4.80. The number of pyridine rings is 2. The monoisotopic (exact) mass is 300 g/mol. The maximum Gasteiger partial charge on any atom is 0.388 e. The molecule has 110 valence electrons. The van der Waals surface area contributed by atoms with E-state index in [4.69, 9.17) is 0 Å². The molecule has 4 heterocycles. The molecular weight excluding hydrogens is 290 g/mol. The molecule has 0 fully saturated rings. The summed E-state index contributed by atoms with van der Waals surface area (Å²) >= 11 is 0. The molecule has 0 radical (unpaired) electrons. The second-order valence-corrected chi connectivity index (χ2v) is 4.74. The van der Waals surface area contributed by atoms with E-state index in [-0.39, 0.29) is 5.88 Å². The summed E-state index contributed by atoms with van der Waals surface area (Å²) in [6.45, 7) is -2.89. The van der Waals surface area contributed by atoms with Crippen molar-refractivity contribution in [1.29, 1.82) is 0 Å². The molecule has 0 bridgehead atoms. The summed E-state index contributed by atoms with van der Waals surface area (Å²) in [6, 6.07) is 7.01. The van der Waals surface area contributed by atoms with E-state index in [2.05, 4.69) is 19.7 Å². The minimum Gasteiger partial charge on any atom is -0.417 e. The number of nitrogens with zero attached hydrogens (tertiary/aromatic N) is 3. The molecule has 7 heteroatoms. The standard InChI is InChI=1S/C15H10F2N4O/c16-15(17)22-13-4-2-10-11(7-19-14(10)20-13)9-1-3-12-18-5-6-21(12)8-9/h1-8,15H,(H,19,20). The number of H-pyrrole nitrogens is 1. The number of fused-ring (bicyclic) bond motifs is 2. The summed E-state index contributed by atoms with van der Waals surface area (Å²) in [6.07, 6.45) is 7.33. The smallest absolute Gasteiger partial charge is 0.388 e. The van der Waals surface area contributed by atoms with Gasteiger partial charge in [0, 0.05) is 47.4 Å². The summed E-state index contributed by atoms with van der Waals surface area (Å²) in [4.78, 5) is 11.2. The summed E-state index contributed by atoms with van der Waals surface area (Å²) in [5.41, 5.74) is 3.26. The minimum absolute atomic E-state index is 0.110. The van der Waals surface area contributed by atoms with Crippen LogP contribution in [0.15, 0.2) is 49.1 Å². The van der Waals surface area contributed by atoms with Crippen molar-refractivity contribution in [1.82, 2.24) is 19.4 Å². The van der Waals surface area contributed by atoms with Crippen molar-refractivity contribution in [3.63, 3.8) is 0 Å². The van der Waals surface area contributed by atoms with Crippen LogP contribution < -0.4 is 4.74 Å². The predicted octanol–water partition coefficient (Wildman–Crippen LogP) is 3.48. The number of hydrogen-bond donors (Lipinski definition) is 1. The number of rotatable bonds is 3. The molecule has 1 N–H and O–H groups in total. The van der Waals surface area contributed by atoms with Gasteiger partial charge in [0.15, 0.2) is 0 Å². The lowest BCUT2D eigenvalue weighted by atomic mass is 10.1. The van der Waals surface area contributed by atoms with Crippen LogP contribution in [0.2, 0.25) is 0 Å². The largest absolute Gasteiger partial charge is 0.417 e. The average molecular weight is 300 g/mol. The number of imidazole rings is 1. The second-order valence-electron chi connectivity index (χ2n) is 4.74. The van der Waals surface area contributed by atoms with Crippen LogP contribution in [0.3, 0.4) is 0 Å². The number of alkyl halides is 2. The van der Waals surface area contributed by atoms with Gasteiger partial charge in [-0.25, -0.2) is 4.98 Å². The van der Waals surface area contributed by atoms with Crippen LogP contribution in [0.25, 0.3) is 27.8 Å². The van der Waals surface area contributed by atoms with Crippen molar-refractivity contribution in [2.45, 2.75) is 6.61 Å². The van der Waals surface area contributed by atoms with E-state index in [9.17, 15) is 8.78 Å². The van der Waals surface area contributed by atoms with E-state index in [0.717, 1.165) is 22.2 Å². The molecule has 0 spiro atoms. The lowest BCUT2D eigenvalue weighted by Crippen LogP contribution is -2.03. The van der Waals surface area contributed by atoms with Gasteiger partial charge in [0.25, 0.3) is 0 Å². The number of ether oxygens (including phenoxy) is 1. The summed E-state index contributed by atoms with van der Waals surface area (Å²) in [5.74, 6) is -0.110. The Balaban J connectivity index is 1.81. The zero-order chi connectivity index (χ0) is 15.1. The van der Waals surface area contributed by atoms with Gasteiger partial charge in [-0.05, 0) is 18.2 Å². The molecule has 4 aromatic rings. The zero-order valence-corrected chi connectivity index (χ0v) is 11.2. The van der Waals surface area contributed by atoms with E-state index in [0.29, 0.717) is 5.65 Å². The zero-order valence-electron chi connectivity index (χ0n) is 11.2. The Morgan fingerprint density at radius 1 is 1.18 bits per heavy atom. The van der Waals surface area contributed by atoms with Crippen molar-refractivity contribution >= 4 is 16.7 Å². The van der Waals surface area contributed by atoms with E-state index in [1.807, 2.05) is 28.9 Å². The molecule has 0 aliphatic rings. The first-order chi connectivity index (χ1) is 10.7. The van der Waals surface area contributed by atoms with Gasteiger partial charge < -0.3 is 14.1 Å². The number of halogens is 2. The number of aromatic nitrogens is 4. The molecule has 22 heavy (non-hydrogen) atoms. The van der Waals surface area contributed by atoms with Crippen LogP contribution >= 0.6 is 0 Å². The molecule has 0 aliphatic carbocycles. The molecule has 4 rings (SSSR count). The first-order valence-corrected chi connectivity index (χ1v) is 6.57.